The molecule has 0 radical (unpaired) electrons. The number of hydrogen-bond donors (Lipinski definition) is 1. The number of nitrogens with zero attached hydrogens (tertiary/aromatic N) is 2. The van der Waals surface area contributed by atoms with Crippen molar-refractivity contribution in [2.75, 3.05) is 52.9 Å². The van der Waals surface area contributed by atoms with Crippen LogP contribution in [0.3, 0.4) is 0 Å². The Morgan fingerprint density at radius 2 is 2.10 bits per heavy atom. The van der Waals surface area contributed by atoms with Crippen molar-refractivity contribution in [1.82, 2.24) is 10.3 Å². The lowest BCUT2D eigenvalue weighted by atomic mass is 10.0. The maximum absolute atomic E-state index is 5.39. The topological polar surface area (TPSA) is 46.6 Å². The lowest BCUT2D eigenvalue weighted by molar-refractivity contribution is 0.200. The highest BCUT2D eigenvalue weighted by atomic mass is 32.1. The van der Waals surface area contributed by atoms with E-state index in [0.717, 1.165) is 29.7 Å². The minimum Gasteiger partial charge on any atom is -0.480 e. The zero-order chi connectivity index (χ0) is 15.8. The number of hydrogen-bond acceptors (Lipinski definition) is 6. The van der Waals surface area contributed by atoms with Gasteiger partial charge in [0, 0.05) is 34.3 Å². The Morgan fingerprint density at radius 3 is 2.62 bits per heavy atom. The zero-order valence-electron chi connectivity index (χ0n) is 13.9. The van der Waals surface area contributed by atoms with E-state index >= 15 is 0 Å². The highest BCUT2D eigenvalue weighted by Gasteiger charge is 2.13. The lowest BCUT2D eigenvalue weighted by Gasteiger charge is -2.12. The highest BCUT2D eigenvalue weighted by molar-refractivity contribution is 7.16. The molecule has 120 valence electrons. The molecule has 0 fully saturated rings. The largest absolute Gasteiger partial charge is 0.480 e. The first-order chi connectivity index (χ1) is 9.99. The molecule has 0 aromatic carbocycles. The molecular formula is C15H27N3O2S. The molecule has 0 aliphatic heterocycles. The van der Waals surface area contributed by atoms with Gasteiger partial charge in [0.25, 0.3) is 0 Å². The molecule has 0 spiro atoms. The van der Waals surface area contributed by atoms with E-state index in [2.05, 4.69) is 30.2 Å². The van der Waals surface area contributed by atoms with Crippen molar-refractivity contribution in [1.29, 1.82) is 0 Å². The number of aromatic nitrogens is 1. The number of rotatable bonds is 9. The molecule has 0 saturated heterocycles. The summed E-state index contributed by atoms with van der Waals surface area (Å²) in [6.45, 7) is 6.82. The number of nitrogens with one attached hydrogen (secondary N) is 1. The van der Waals surface area contributed by atoms with Crippen LogP contribution in [0, 0.1) is 5.92 Å². The molecule has 0 saturated carbocycles. The summed E-state index contributed by atoms with van der Waals surface area (Å²) in [6, 6.07) is 0. The minimum absolute atomic E-state index is 0.467. The Hall–Kier alpha value is -1.11. The minimum atomic E-state index is 0.467. The van der Waals surface area contributed by atoms with Crippen molar-refractivity contribution >= 4 is 22.5 Å². The van der Waals surface area contributed by atoms with Crippen LogP contribution in [0.2, 0.25) is 0 Å². The number of thiazole rings is 1. The fourth-order valence-corrected chi connectivity index (χ4v) is 2.67. The predicted octanol–water partition coefficient (Wildman–Crippen LogP) is 2.49. The Bertz CT molecular complexity index is 456. The van der Waals surface area contributed by atoms with Crippen molar-refractivity contribution in [3.05, 3.63) is 10.5 Å². The van der Waals surface area contributed by atoms with Crippen LogP contribution >= 0.6 is 11.3 Å². The molecule has 1 aromatic rings. The maximum Gasteiger partial charge on any atom is 0.233 e. The summed E-state index contributed by atoms with van der Waals surface area (Å²) in [6.07, 6.45) is 2.19. The summed E-state index contributed by atoms with van der Waals surface area (Å²) in [5.41, 5.74) is 1.33. The predicted molar refractivity (Wildman–Crippen MR) is 90.6 cm³/mol. The van der Waals surface area contributed by atoms with Gasteiger partial charge in [-0.3, -0.25) is 0 Å². The Kier molecular flexibility index (Phi) is 7.71. The molecule has 0 aliphatic rings. The third-order valence-electron chi connectivity index (χ3n) is 3.06. The number of methoxy groups -OCH3 is 2. The first-order valence-electron chi connectivity index (χ1n) is 7.11. The van der Waals surface area contributed by atoms with Crippen molar-refractivity contribution < 1.29 is 9.47 Å². The Morgan fingerprint density at radius 1 is 1.38 bits per heavy atom. The Balaban J connectivity index is 2.88. The number of ether oxygens (including phenoxy) is 2. The van der Waals surface area contributed by atoms with E-state index in [1.54, 1.807) is 25.6 Å². The second-order valence-corrected chi connectivity index (χ2v) is 6.32. The van der Waals surface area contributed by atoms with Crippen LogP contribution in [-0.2, 0) is 4.74 Å². The smallest absolute Gasteiger partial charge is 0.233 e. The molecule has 1 rings (SSSR count). The molecule has 1 aromatic heterocycles. The molecule has 0 bridgehead atoms. The molecule has 5 nitrogen and oxygen atoms in total. The SMILES string of the molecule is COCCNCC(=Cc1sc(N(C)C)nc1OC)C(C)C. The summed E-state index contributed by atoms with van der Waals surface area (Å²) >= 11 is 1.64. The van der Waals surface area contributed by atoms with Gasteiger partial charge in [0.1, 0.15) is 0 Å². The fraction of sp³-hybridized carbons (Fsp3) is 0.667. The standard InChI is InChI=1S/C15H27N3O2S/c1-11(2)12(10-16-7-8-19-5)9-13-14(20-6)17-15(21-13)18(3)4/h9,11,16H,7-8,10H2,1-6H3. The molecule has 0 aliphatic carbocycles. The zero-order valence-corrected chi connectivity index (χ0v) is 14.7. The van der Waals surface area contributed by atoms with Gasteiger partial charge < -0.3 is 19.7 Å². The normalized spacial score (nSPS) is 12.0. The summed E-state index contributed by atoms with van der Waals surface area (Å²) in [4.78, 5) is 7.55. The average Bonchev–Trinajstić information content (AvgIpc) is 2.85. The molecule has 21 heavy (non-hydrogen) atoms. The van der Waals surface area contributed by atoms with Crippen molar-refractivity contribution in [2.45, 2.75) is 13.8 Å². The summed E-state index contributed by atoms with van der Waals surface area (Å²) in [5.74, 6) is 1.16. The summed E-state index contributed by atoms with van der Waals surface area (Å²) < 4.78 is 10.4. The first-order valence-corrected chi connectivity index (χ1v) is 7.93. The van der Waals surface area contributed by atoms with Gasteiger partial charge in [0.2, 0.25) is 5.88 Å². The van der Waals surface area contributed by atoms with E-state index in [4.69, 9.17) is 9.47 Å². The molecule has 1 N–H and O–H groups in total. The maximum atomic E-state index is 5.39. The molecule has 0 amide bonds. The van der Waals surface area contributed by atoms with E-state index in [1.165, 1.54) is 5.57 Å². The van der Waals surface area contributed by atoms with Gasteiger partial charge in [-0.1, -0.05) is 30.8 Å². The summed E-state index contributed by atoms with van der Waals surface area (Å²) in [7, 11) is 7.35. The third-order valence-corrected chi connectivity index (χ3v) is 4.21. The van der Waals surface area contributed by atoms with Crippen LogP contribution in [0.1, 0.15) is 18.7 Å². The quantitative estimate of drug-likeness (QED) is 0.710. The van der Waals surface area contributed by atoms with Crippen LogP contribution in [0.15, 0.2) is 5.57 Å². The fourth-order valence-electron chi connectivity index (χ4n) is 1.73. The average molecular weight is 313 g/mol. The van der Waals surface area contributed by atoms with Crippen LogP contribution in [0.5, 0.6) is 5.88 Å². The number of anilines is 1. The third kappa shape index (κ3) is 5.65. The molecule has 0 atom stereocenters. The lowest BCUT2D eigenvalue weighted by Crippen LogP contribution is -2.23. The second kappa shape index (κ2) is 9.02. The molecule has 0 unspecified atom stereocenters. The van der Waals surface area contributed by atoms with Gasteiger partial charge in [-0.05, 0) is 12.0 Å². The van der Waals surface area contributed by atoms with Gasteiger partial charge in [-0.15, -0.1) is 0 Å². The van der Waals surface area contributed by atoms with Gasteiger partial charge in [-0.25, -0.2) is 0 Å². The van der Waals surface area contributed by atoms with Gasteiger partial charge in [0.05, 0.1) is 18.6 Å². The van der Waals surface area contributed by atoms with Crippen molar-refractivity contribution in [3.8, 4) is 5.88 Å². The van der Waals surface area contributed by atoms with E-state index in [1.807, 2.05) is 19.0 Å². The molecule has 1 heterocycles. The monoisotopic (exact) mass is 313 g/mol. The van der Waals surface area contributed by atoms with Gasteiger partial charge in [-0.2, -0.15) is 4.98 Å². The van der Waals surface area contributed by atoms with Crippen LogP contribution < -0.4 is 15.0 Å². The van der Waals surface area contributed by atoms with Crippen LogP contribution in [0.25, 0.3) is 6.08 Å². The van der Waals surface area contributed by atoms with E-state index in [-0.39, 0.29) is 0 Å². The first kappa shape index (κ1) is 17.9. The van der Waals surface area contributed by atoms with Crippen molar-refractivity contribution in [3.63, 3.8) is 0 Å². The molecular weight excluding hydrogens is 286 g/mol. The van der Waals surface area contributed by atoms with Crippen LogP contribution in [0.4, 0.5) is 5.13 Å². The van der Waals surface area contributed by atoms with Gasteiger partial charge in [0.15, 0.2) is 5.13 Å². The van der Waals surface area contributed by atoms with Crippen molar-refractivity contribution in [2.24, 2.45) is 5.92 Å². The highest BCUT2D eigenvalue weighted by Crippen LogP contribution is 2.33. The van der Waals surface area contributed by atoms with E-state index in [0.29, 0.717) is 11.8 Å². The van der Waals surface area contributed by atoms with Gasteiger partial charge >= 0.3 is 0 Å². The summed E-state index contributed by atoms with van der Waals surface area (Å²) in [5, 5.41) is 4.35. The Labute approximate surface area is 132 Å². The van der Waals surface area contributed by atoms with E-state index in [9.17, 15) is 0 Å². The molecule has 6 heteroatoms. The second-order valence-electron chi connectivity index (χ2n) is 5.31. The van der Waals surface area contributed by atoms with Crippen LogP contribution in [-0.4, -0.2) is 53.0 Å². The van der Waals surface area contributed by atoms with E-state index < -0.39 is 0 Å².